The Kier molecular flexibility index (Phi) is 10.8. The summed E-state index contributed by atoms with van der Waals surface area (Å²) in [5, 5.41) is 0. The van der Waals surface area contributed by atoms with Crippen molar-refractivity contribution in [3.05, 3.63) is 65.7 Å². The highest BCUT2D eigenvalue weighted by Crippen LogP contribution is 2.11. The highest BCUT2D eigenvalue weighted by atomic mass is 14.0. The Morgan fingerprint density at radius 3 is 2.05 bits per heavy atom. The van der Waals surface area contributed by atoms with Gasteiger partial charge < -0.3 is 0 Å². The third-order valence-electron chi connectivity index (χ3n) is 3.18. The van der Waals surface area contributed by atoms with Gasteiger partial charge in [0.2, 0.25) is 0 Å². The van der Waals surface area contributed by atoms with Crippen LogP contribution in [0.2, 0.25) is 0 Å². The molecule has 0 heterocycles. The number of rotatable bonds is 8. The predicted octanol–water partition coefficient (Wildman–Crippen LogP) is 6.74. The lowest BCUT2D eigenvalue weighted by molar-refractivity contribution is 0.918. The molecule has 0 spiro atoms. The number of hydrogen-bond donors (Lipinski definition) is 0. The Labute approximate surface area is 126 Å². The molecular weight excluding hydrogens is 240 g/mol. The average molecular weight is 271 g/mol. The van der Waals surface area contributed by atoms with Gasteiger partial charge in [-0.1, -0.05) is 58.7 Å². The lowest BCUT2D eigenvalue weighted by atomic mass is 10.1. The Hall–Kier alpha value is -1.30. The van der Waals surface area contributed by atoms with Gasteiger partial charge in [-0.25, -0.2) is 0 Å². The van der Waals surface area contributed by atoms with E-state index in [9.17, 15) is 0 Å². The summed E-state index contributed by atoms with van der Waals surface area (Å²) in [5.74, 6) is 0. The van der Waals surface area contributed by atoms with Gasteiger partial charge in [-0.3, -0.25) is 0 Å². The smallest absolute Gasteiger partial charge is 0.0285 e. The van der Waals surface area contributed by atoms with Gasteiger partial charge >= 0.3 is 0 Å². The molecule has 20 heavy (non-hydrogen) atoms. The van der Waals surface area contributed by atoms with Crippen LogP contribution in [0.3, 0.4) is 0 Å². The molecule has 0 N–H and O–H groups in total. The van der Waals surface area contributed by atoms with Crippen LogP contribution in [0.25, 0.3) is 0 Å². The summed E-state index contributed by atoms with van der Waals surface area (Å²) >= 11 is 0. The molecule has 0 aromatic carbocycles. The van der Waals surface area contributed by atoms with Crippen LogP contribution in [0.1, 0.15) is 60.3 Å². The van der Waals surface area contributed by atoms with Gasteiger partial charge in [-0.15, -0.1) is 0 Å². The van der Waals surface area contributed by atoms with Crippen LogP contribution < -0.4 is 0 Å². The second-order valence-corrected chi connectivity index (χ2v) is 5.73. The lowest BCUT2D eigenvalue weighted by Crippen LogP contribution is -1.80. The van der Waals surface area contributed by atoms with E-state index in [2.05, 4.69) is 71.9 Å². The van der Waals surface area contributed by atoms with Gasteiger partial charge in [0.05, 0.1) is 0 Å². The molecule has 0 heteroatoms. The van der Waals surface area contributed by atoms with E-state index in [4.69, 9.17) is 0 Å². The van der Waals surface area contributed by atoms with Crippen LogP contribution in [-0.2, 0) is 0 Å². The molecule has 0 aliphatic heterocycles. The summed E-state index contributed by atoms with van der Waals surface area (Å²) in [6.07, 6.45) is 17.6. The number of allylic oxidation sites excluding steroid dienone is 10. The first-order chi connectivity index (χ1) is 9.45. The van der Waals surface area contributed by atoms with Crippen LogP contribution in [0.5, 0.6) is 0 Å². The second kappa shape index (κ2) is 11.5. The molecular formula is C20H31. The van der Waals surface area contributed by atoms with Crippen LogP contribution in [0.15, 0.2) is 58.7 Å². The number of hydrogen-bond acceptors (Lipinski definition) is 0. The van der Waals surface area contributed by atoms with Crippen molar-refractivity contribution >= 4 is 0 Å². The Morgan fingerprint density at radius 1 is 0.850 bits per heavy atom. The highest BCUT2D eigenvalue weighted by molar-refractivity contribution is 5.22. The minimum absolute atomic E-state index is 1.14. The van der Waals surface area contributed by atoms with E-state index in [0.29, 0.717) is 0 Å². The molecule has 0 nitrogen and oxygen atoms in total. The van der Waals surface area contributed by atoms with Gasteiger partial charge in [0.15, 0.2) is 0 Å². The summed E-state index contributed by atoms with van der Waals surface area (Å²) in [4.78, 5) is 0. The fourth-order valence-corrected chi connectivity index (χ4v) is 1.75. The van der Waals surface area contributed by atoms with Crippen LogP contribution >= 0.6 is 0 Å². The van der Waals surface area contributed by atoms with Crippen LogP contribution in [0, 0.1) is 6.92 Å². The molecule has 1 radical (unpaired) electrons. The maximum absolute atomic E-state index is 3.74. The monoisotopic (exact) mass is 271 g/mol. The summed E-state index contributed by atoms with van der Waals surface area (Å²) in [6, 6.07) is 0. The first-order valence-corrected chi connectivity index (χ1v) is 7.54. The molecule has 0 saturated heterocycles. The van der Waals surface area contributed by atoms with Gasteiger partial charge in [0.25, 0.3) is 0 Å². The van der Waals surface area contributed by atoms with E-state index in [1.807, 2.05) is 6.08 Å². The topological polar surface area (TPSA) is 0 Å². The SMILES string of the molecule is [CH2]/C=C(C)/C=C/C=C(\C)CC/C=C(\C)CCC=C(C)C. The van der Waals surface area contributed by atoms with E-state index in [-0.39, 0.29) is 0 Å². The average Bonchev–Trinajstić information content (AvgIpc) is 2.38. The zero-order chi connectivity index (χ0) is 15.4. The highest BCUT2D eigenvalue weighted by Gasteiger charge is 1.91. The van der Waals surface area contributed by atoms with Crippen molar-refractivity contribution < 1.29 is 0 Å². The molecule has 0 atom stereocenters. The van der Waals surface area contributed by atoms with Gasteiger partial charge in [-0.05, 0) is 67.2 Å². The summed E-state index contributed by atoms with van der Waals surface area (Å²) in [5.41, 5.74) is 5.53. The first-order valence-electron chi connectivity index (χ1n) is 7.54. The second-order valence-electron chi connectivity index (χ2n) is 5.73. The lowest BCUT2D eigenvalue weighted by Gasteiger charge is -2.00. The first kappa shape index (κ1) is 18.7. The summed E-state index contributed by atoms with van der Waals surface area (Å²) in [6.45, 7) is 14.6. The molecule has 0 fully saturated rings. The largest absolute Gasteiger partial charge is 0.0856 e. The van der Waals surface area contributed by atoms with Crippen molar-refractivity contribution in [3.63, 3.8) is 0 Å². The van der Waals surface area contributed by atoms with Crippen molar-refractivity contribution in [1.82, 2.24) is 0 Å². The molecule has 0 aliphatic carbocycles. The summed E-state index contributed by atoms with van der Waals surface area (Å²) in [7, 11) is 0. The minimum Gasteiger partial charge on any atom is -0.0856 e. The van der Waals surface area contributed by atoms with Crippen molar-refractivity contribution in [2.24, 2.45) is 0 Å². The molecule has 0 bridgehead atoms. The van der Waals surface area contributed by atoms with E-state index in [0.717, 1.165) is 12.8 Å². The van der Waals surface area contributed by atoms with Crippen molar-refractivity contribution in [2.45, 2.75) is 60.3 Å². The quantitative estimate of drug-likeness (QED) is 0.338. The van der Waals surface area contributed by atoms with Gasteiger partial charge in [0.1, 0.15) is 0 Å². The fraction of sp³-hybridized carbons (Fsp3) is 0.450. The van der Waals surface area contributed by atoms with E-state index >= 15 is 0 Å². The molecule has 0 rings (SSSR count). The molecule has 0 aliphatic rings. The molecule has 0 saturated carbocycles. The third-order valence-corrected chi connectivity index (χ3v) is 3.18. The van der Waals surface area contributed by atoms with Gasteiger partial charge in [-0.2, -0.15) is 0 Å². The van der Waals surface area contributed by atoms with E-state index in [1.165, 1.54) is 35.1 Å². The maximum Gasteiger partial charge on any atom is -0.0285 e. The van der Waals surface area contributed by atoms with Crippen molar-refractivity contribution in [3.8, 4) is 0 Å². The van der Waals surface area contributed by atoms with Crippen LogP contribution in [-0.4, -0.2) is 0 Å². The molecule has 111 valence electrons. The van der Waals surface area contributed by atoms with Crippen LogP contribution in [0.4, 0.5) is 0 Å². The van der Waals surface area contributed by atoms with E-state index < -0.39 is 0 Å². The Bertz CT molecular complexity index is 407. The standard InChI is InChI=1S/C20H31/c1-7-18(4)12-9-14-20(6)16-10-15-19(5)13-8-11-17(2)3/h7,9,11-12,14-15H,1,8,10,13,16H2,2-6H3/b12-9+,18-7+,19-15+,20-14+. The zero-order valence-corrected chi connectivity index (χ0v) is 14.0. The molecule has 0 unspecified atom stereocenters. The van der Waals surface area contributed by atoms with Crippen molar-refractivity contribution in [1.29, 1.82) is 0 Å². The maximum atomic E-state index is 3.74. The Morgan fingerprint density at radius 2 is 1.45 bits per heavy atom. The van der Waals surface area contributed by atoms with E-state index in [1.54, 1.807) is 0 Å². The molecule has 0 amide bonds. The Balaban J connectivity index is 4.06. The predicted molar refractivity (Wildman–Crippen MR) is 93.7 cm³/mol. The minimum atomic E-state index is 1.14. The zero-order valence-electron chi connectivity index (χ0n) is 14.0. The summed E-state index contributed by atoms with van der Waals surface area (Å²) < 4.78 is 0. The molecule has 0 aromatic rings. The van der Waals surface area contributed by atoms with Gasteiger partial charge in [0, 0.05) is 0 Å². The van der Waals surface area contributed by atoms with Crippen molar-refractivity contribution in [2.75, 3.05) is 0 Å². The third kappa shape index (κ3) is 11.8. The fourth-order valence-electron chi connectivity index (χ4n) is 1.75. The normalized spacial score (nSPS) is 14.0. The molecule has 0 aromatic heterocycles.